The van der Waals surface area contributed by atoms with Crippen molar-refractivity contribution in [2.75, 3.05) is 21.1 Å². The van der Waals surface area contributed by atoms with Crippen LogP contribution in [0.4, 0.5) is 0 Å². The van der Waals surface area contributed by atoms with Crippen molar-refractivity contribution in [2.45, 2.75) is 44.3 Å². The molecule has 20 heavy (non-hydrogen) atoms. The first kappa shape index (κ1) is 14.0. The topological polar surface area (TPSA) is 19.4 Å². The first-order valence-electron chi connectivity index (χ1n) is 7.89. The predicted octanol–water partition coefficient (Wildman–Crippen LogP) is 2.63. The standard InChI is InChI=1S/C17H27N3/c1-19(2)16-8-14-10-17(11-15(14)9-16)20(3)12-13-4-6-18-7-5-13/h4-7,14-17H,8-12H2,1-3H3/t14-,15+,16?,17?. The molecule has 2 fully saturated rings. The summed E-state index contributed by atoms with van der Waals surface area (Å²) in [4.78, 5) is 9.08. The Morgan fingerprint density at radius 1 is 0.950 bits per heavy atom. The van der Waals surface area contributed by atoms with Crippen LogP contribution in [-0.4, -0.2) is 48.0 Å². The minimum absolute atomic E-state index is 0.779. The van der Waals surface area contributed by atoms with E-state index in [4.69, 9.17) is 0 Å². The molecule has 0 amide bonds. The minimum Gasteiger partial charge on any atom is -0.306 e. The first-order chi connectivity index (χ1) is 9.63. The van der Waals surface area contributed by atoms with Gasteiger partial charge < -0.3 is 4.90 Å². The van der Waals surface area contributed by atoms with Gasteiger partial charge in [0.05, 0.1) is 0 Å². The molecule has 1 aromatic rings. The zero-order valence-electron chi connectivity index (χ0n) is 13.0. The molecule has 2 aliphatic rings. The molecule has 110 valence electrons. The Kier molecular flexibility index (Phi) is 4.08. The summed E-state index contributed by atoms with van der Waals surface area (Å²) in [7, 11) is 6.76. The molecule has 0 saturated heterocycles. The maximum atomic E-state index is 4.10. The second-order valence-electron chi connectivity index (χ2n) is 7.00. The van der Waals surface area contributed by atoms with Gasteiger partial charge in [0.2, 0.25) is 0 Å². The Balaban J connectivity index is 1.54. The SMILES string of the molecule is CN(C)C1C[C@@H]2CC(N(C)Cc3ccncc3)C[C@@H]2C1. The zero-order chi connectivity index (χ0) is 14.1. The first-order valence-corrected chi connectivity index (χ1v) is 7.89. The summed E-state index contributed by atoms with van der Waals surface area (Å²) in [5.41, 5.74) is 1.38. The summed E-state index contributed by atoms with van der Waals surface area (Å²) in [6, 6.07) is 5.88. The molecule has 0 bridgehead atoms. The van der Waals surface area contributed by atoms with Gasteiger partial charge in [-0.2, -0.15) is 0 Å². The lowest BCUT2D eigenvalue weighted by atomic mass is 10.0. The molecule has 2 aliphatic carbocycles. The highest BCUT2D eigenvalue weighted by Crippen LogP contribution is 2.46. The van der Waals surface area contributed by atoms with E-state index in [1.54, 1.807) is 0 Å². The maximum absolute atomic E-state index is 4.10. The maximum Gasteiger partial charge on any atom is 0.0271 e. The number of aromatic nitrogens is 1. The van der Waals surface area contributed by atoms with Crippen LogP contribution in [-0.2, 0) is 6.54 Å². The Hall–Kier alpha value is -0.930. The monoisotopic (exact) mass is 273 g/mol. The molecule has 1 aromatic heterocycles. The van der Waals surface area contributed by atoms with E-state index < -0.39 is 0 Å². The molecule has 0 N–H and O–H groups in total. The summed E-state index contributed by atoms with van der Waals surface area (Å²) in [5, 5.41) is 0. The molecule has 1 heterocycles. The Morgan fingerprint density at radius 3 is 2.05 bits per heavy atom. The van der Waals surface area contributed by atoms with Gasteiger partial charge in [0.1, 0.15) is 0 Å². The Labute approximate surface area is 123 Å². The zero-order valence-corrected chi connectivity index (χ0v) is 13.0. The van der Waals surface area contributed by atoms with Gasteiger partial charge in [0.15, 0.2) is 0 Å². The van der Waals surface area contributed by atoms with Crippen molar-refractivity contribution in [1.82, 2.24) is 14.8 Å². The fourth-order valence-corrected chi connectivity index (χ4v) is 4.24. The van der Waals surface area contributed by atoms with Crippen LogP contribution in [0.15, 0.2) is 24.5 Å². The molecule has 3 nitrogen and oxygen atoms in total. The van der Waals surface area contributed by atoms with E-state index in [-0.39, 0.29) is 0 Å². The van der Waals surface area contributed by atoms with Gasteiger partial charge in [-0.1, -0.05) is 0 Å². The molecular weight excluding hydrogens is 246 g/mol. The third-order valence-corrected chi connectivity index (χ3v) is 5.50. The van der Waals surface area contributed by atoms with Crippen LogP contribution in [0.25, 0.3) is 0 Å². The summed E-state index contributed by atoms with van der Waals surface area (Å²) in [6.07, 6.45) is 9.42. The van der Waals surface area contributed by atoms with Gasteiger partial charge in [-0.25, -0.2) is 0 Å². The van der Waals surface area contributed by atoms with Crippen molar-refractivity contribution in [3.8, 4) is 0 Å². The smallest absolute Gasteiger partial charge is 0.0271 e. The summed E-state index contributed by atoms with van der Waals surface area (Å²) >= 11 is 0. The van der Waals surface area contributed by atoms with Gasteiger partial charge in [0.25, 0.3) is 0 Å². The van der Waals surface area contributed by atoms with E-state index in [1.807, 2.05) is 12.4 Å². The predicted molar refractivity (Wildman–Crippen MR) is 82.4 cm³/mol. The molecular formula is C17H27N3. The van der Waals surface area contributed by atoms with Crippen LogP contribution in [0.3, 0.4) is 0 Å². The van der Waals surface area contributed by atoms with Gasteiger partial charge in [-0.3, -0.25) is 9.88 Å². The van der Waals surface area contributed by atoms with E-state index >= 15 is 0 Å². The summed E-state index contributed by atoms with van der Waals surface area (Å²) in [5.74, 6) is 1.93. The highest BCUT2D eigenvalue weighted by Gasteiger charge is 2.43. The van der Waals surface area contributed by atoms with Crippen molar-refractivity contribution in [3.05, 3.63) is 30.1 Å². The lowest BCUT2D eigenvalue weighted by Crippen LogP contribution is -2.31. The number of hydrogen-bond donors (Lipinski definition) is 0. The van der Waals surface area contributed by atoms with Crippen LogP contribution < -0.4 is 0 Å². The van der Waals surface area contributed by atoms with E-state index in [1.165, 1.54) is 31.2 Å². The van der Waals surface area contributed by atoms with Crippen LogP contribution in [0.2, 0.25) is 0 Å². The van der Waals surface area contributed by atoms with Gasteiger partial charge >= 0.3 is 0 Å². The molecule has 0 aliphatic heterocycles. The molecule has 2 unspecified atom stereocenters. The fraction of sp³-hybridized carbons (Fsp3) is 0.706. The average molecular weight is 273 g/mol. The largest absolute Gasteiger partial charge is 0.306 e. The molecule has 4 atom stereocenters. The number of nitrogens with zero attached hydrogens (tertiary/aromatic N) is 3. The molecule has 0 radical (unpaired) electrons. The van der Waals surface area contributed by atoms with Crippen molar-refractivity contribution >= 4 is 0 Å². The lowest BCUT2D eigenvalue weighted by molar-refractivity contribution is 0.212. The molecule has 2 saturated carbocycles. The van der Waals surface area contributed by atoms with Crippen molar-refractivity contribution < 1.29 is 0 Å². The Bertz CT molecular complexity index is 417. The van der Waals surface area contributed by atoms with Crippen LogP contribution in [0.1, 0.15) is 31.2 Å². The average Bonchev–Trinajstić information content (AvgIpc) is 2.97. The number of hydrogen-bond acceptors (Lipinski definition) is 3. The minimum atomic E-state index is 0.779. The van der Waals surface area contributed by atoms with Crippen LogP contribution in [0.5, 0.6) is 0 Å². The molecule has 3 rings (SSSR count). The van der Waals surface area contributed by atoms with Gasteiger partial charge in [-0.05, 0) is 76.4 Å². The second-order valence-corrected chi connectivity index (χ2v) is 7.00. The third kappa shape index (κ3) is 2.89. The van der Waals surface area contributed by atoms with E-state index in [0.717, 1.165) is 30.5 Å². The number of pyridine rings is 1. The summed E-state index contributed by atoms with van der Waals surface area (Å²) in [6.45, 7) is 1.06. The third-order valence-electron chi connectivity index (χ3n) is 5.50. The summed E-state index contributed by atoms with van der Waals surface area (Å²) < 4.78 is 0. The van der Waals surface area contributed by atoms with E-state index in [2.05, 4.69) is 48.1 Å². The molecule has 3 heteroatoms. The van der Waals surface area contributed by atoms with Crippen molar-refractivity contribution in [3.63, 3.8) is 0 Å². The van der Waals surface area contributed by atoms with Crippen molar-refractivity contribution in [2.24, 2.45) is 11.8 Å². The van der Waals surface area contributed by atoms with E-state index in [0.29, 0.717) is 0 Å². The van der Waals surface area contributed by atoms with Gasteiger partial charge in [-0.15, -0.1) is 0 Å². The molecule has 0 spiro atoms. The molecule has 0 aromatic carbocycles. The lowest BCUT2D eigenvalue weighted by Gasteiger charge is -2.27. The highest BCUT2D eigenvalue weighted by atomic mass is 15.1. The number of fused-ring (bicyclic) bond motifs is 1. The van der Waals surface area contributed by atoms with Crippen LogP contribution >= 0.6 is 0 Å². The second kappa shape index (κ2) is 5.82. The van der Waals surface area contributed by atoms with Crippen molar-refractivity contribution in [1.29, 1.82) is 0 Å². The highest BCUT2D eigenvalue weighted by molar-refractivity contribution is 5.10. The van der Waals surface area contributed by atoms with E-state index in [9.17, 15) is 0 Å². The Morgan fingerprint density at radius 2 is 1.50 bits per heavy atom. The fourth-order valence-electron chi connectivity index (χ4n) is 4.24. The number of rotatable bonds is 4. The van der Waals surface area contributed by atoms with Crippen LogP contribution in [0, 0.1) is 11.8 Å². The normalized spacial score (nSPS) is 33.0. The quantitative estimate of drug-likeness (QED) is 0.840. The van der Waals surface area contributed by atoms with Gasteiger partial charge in [0, 0.05) is 31.0 Å².